The van der Waals surface area contributed by atoms with Crippen molar-refractivity contribution >= 4 is 23.4 Å². The minimum Gasteiger partial charge on any atom is -0.444 e. The molecule has 2 N–H and O–H groups in total. The summed E-state index contributed by atoms with van der Waals surface area (Å²) in [6.07, 6.45) is -5.29. The molecule has 2 amide bonds. The van der Waals surface area contributed by atoms with Crippen molar-refractivity contribution in [2.75, 3.05) is 30.9 Å². The lowest BCUT2D eigenvalue weighted by atomic mass is 10.1. The lowest BCUT2D eigenvalue weighted by Gasteiger charge is -2.20. The molecule has 0 saturated carbocycles. The summed E-state index contributed by atoms with van der Waals surface area (Å²) in [5, 5.41) is 4.87. The number of alkyl halides is 3. The highest BCUT2D eigenvalue weighted by molar-refractivity contribution is 5.94. The molecule has 0 fully saturated rings. The van der Waals surface area contributed by atoms with E-state index < -0.39 is 29.3 Å². The van der Waals surface area contributed by atoms with Crippen LogP contribution in [0.4, 0.5) is 29.3 Å². The van der Waals surface area contributed by atoms with E-state index in [9.17, 15) is 22.8 Å². The van der Waals surface area contributed by atoms with Crippen molar-refractivity contribution < 1.29 is 27.5 Å². The predicted octanol–water partition coefficient (Wildman–Crippen LogP) is 3.62. The highest BCUT2D eigenvalue weighted by atomic mass is 19.4. The monoisotopic (exact) mass is 375 g/mol. The van der Waals surface area contributed by atoms with Gasteiger partial charge in [0.2, 0.25) is 5.91 Å². The first-order valence-corrected chi connectivity index (χ1v) is 7.95. The third-order valence-corrected chi connectivity index (χ3v) is 3.10. The van der Waals surface area contributed by atoms with Crippen molar-refractivity contribution in [3.8, 4) is 0 Å². The zero-order chi connectivity index (χ0) is 20.1. The Labute approximate surface area is 150 Å². The number of anilines is 2. The van der Waals surface area contributed by atoms with Crippen LogP contribution in [0.25, 0.3) is 0 Å². The Morgan fingerprint density at radius 1 is 1.15 bits per heavy atom. The molecule has 0 radical (unpaired) electrons. The van der Waals surface area contributed by atoms with E-state index in [2.05, 4.69) is 10.6 Å². The smallest absolute Gasteiger partial charge is 0.416 e. The number of hydrogen-bond acceptors (Lipinski definition) is 4. The highest BCUT2D eigenvalue weighted by Gasteiger charge is 2.31. The number of nitrogens with one attached hydrogen (secondary N) is 2. The molecule has 1 aromatic carbocycles. The van der Waals surface area contributed by atoms with Gasteiger partial charge in [0.15, 0.2) is 0 Å². The molecule has 1 aromatic rings. The molecule has 1 rings (SSSR count). The normalized spacial score (nSPS) is 11.7. The van der Waals surface area contributed by atoms with Gasteiger partial charge in [0.1, 0.15) is 5.60 Å². The Bertz CT molecular complexity index is 653. The van der Waals surface area contributed by atoms with Crippen LogP contribution < -0.4 is 15.5 Å². The molecule has 0 saturated heterocycles. The zero-order valence-corrected chi connectivity index (χ0v) is 15.5. The molecule has 0 aliphatic carbocycles. The van der Waals surface area contributed by atoms with Gasteiger partial charge in [-0.25, -0.2) is 4.79 Å². The van der Waals surface area contributed by atoms with E-state index in [-0.39, 0.29) is 18.7 Å². The topological polar surface area (TPSA) is 70.7 Å². The molecule has 146 valence electrons. The second-order valence-corrected chi connectivity index (χ2v) is 6.85. The van der Waals surface area contributed by atoms with Gasteiger partial charge in [0.25, 0.3) is 0 Å². The van der Waals surface area contributed by atoms with E-state index in [0.717, 1.165) is 12.1 Å². The summed E-state index contributed by atoms with van der Waals surface area (Å²) < 4.78 is 43.7. The number of hydrogen-bond donors (Lipinski definition) is 2. The number of halogens is 3. The quantitative estimate of drug-likeness (QED) is 0.825. The molecule has 26 heavy (non-hydrogen) atoms. The molecule has 0 aromatic heterocycles. The summed E-state index contributed by atoms with van der Waals surface area (Å²) in [4.78, 5) is 25.1. The molecule has 0 atom stereocenters. The van der Waals surface area contributed by atoms with Crippen molar-refractivity contribution in [1.29, 1.82) is 0 Å². The molecule has 9 heteroatoms. The maximum absolute atomic E-state index is 12.9. The van der Waals surface area contributed by atoms with E-state index in [4.69, 9.17) is 4.74 Å². The van der Waals surface area contributed by atoms with E-state index in [1.54, 1.807) is 39.8 Å². The van der Waals surface area contributed by atoms with E-state index >= 15 is 0 Å². The Morgan fingerprint density at radius 2 is 1.77 bits per heavy atom. The molecule has 0 bridgehead atoms. The van der Waals surface area contributed by atoms with Crippen LogP contribution >= 0.6 is 0 Å². The standard InChI is InChI=1S/C17H24F3N3O3/c1-16(2,3)26-15(25)21-9-8-14(24)22-12-10-11(17(18,19)20)6-7-13(12)23(4)5/h6-7,10H,8-9H2,1-5H3,(H,21,25)(H,22,24). The molecule has 0 aliphatic heterocycles. The van der Waals surface area contributed by atoms with Gasteiger partial charge >= 0.3 is 12.3 Å². The molecule has 0 spiro atoms. The number of carbonyl (C=O) groups is 2. The Hall–Kier alpha value is -2.45. The third-order valence-electron chi connectivity index (χ3n) is 3.10. The van der Waals surface area contributed by atoms with Gasteiger partial charge in [0, 0.05) is 27.1 Å². The number of rotatable bonds is 5. The average Bonchev–Trinajstić information content (AvgIpc) is 2.43. The zero-order valence-electron chi connectivity index (χ0n) is 15.5. The van der Waals surface area contributed by atoms with Gasteiger partial charge in [-0.1, -0.05) is 0 Å². The lowest BCUT2D eigenvalue weighted by molar-refractivity contribution is -0.137. The first-order chi connectivity index (χ1) is 11.8. The van der Waals surface area contributed by atoms with Gasteiger partial charge in [-0.3, -0.25) is 4.79 Å². The van der Waals surface area contributed by atoms with Crippen LogP contribution in [-0.4, -0.2) is 38.2 Å². The van der Waals surface area contributed by atoms with E-state index in [1.807, 2.05) is 0 Å². The molecule has 6 nitrogen and oxygen atoms in total. The second kappa shape index (κ2) is 8.29. The number of carbonyl (C=O) groups excluding carboxylic acids is 2. The van der Waals surface area contributed by atoms with Gasteiger partial charge in [-0.15, -0.1) is 0 Å². The van der Waals surface area contributed by atoms with Crippen LogP contribution in [0.1, 0.15) is 32.8 Å². The number of ether oxygens (including phenoxy) is 1. The van der Waals surface area contributed by atoms with Crippen LogP contribution in [0.5, 0.6) is 0 Å². The molecular formula is C17H24F3N3O3. The predicted molar refractivity (Wildman–Crippen MR) is 93.3 cm³/mol. The fraction of sp³-hybridized carbons (Fsp3) is 0.529. The SMILES string of the molecule is CN(C)c1ccc(C(F)(F)F)cc1NC(=O)CCNC(=O)OC(C)(C)C. The van der Waals surface area contributed by atoms with E-state index in [0.29, 0.717) is 5.69 Å². The first-order valence-electron chi connectivity index (χ1n) is 7.95. The van der Waals surface area contributed by atoms with Crippen molar-refractivity contribution in [3.05, 3.63) is 23.8 Å². The van der Waals surface area contributed by atoms with Crippen LogP contribution in [0.3, 0.4) is 0 Å². The summed E-state index contributed by atoms with van der Waals surface area (Å²) in [6, 6.07) is 3.13. The summed E-state index contributed by atoms with van der Waals surface area (Å²) in [5.74, 6) is -0.525. The van der Waals surface area contributed by atoms with Crippen LogP contribution in [-0.2, 0) is 15.7 Å². The summed E-state index contributed by atoms with van der Waals surface area (Å²) >= 11 is 0. The first kappa shape index (κ1) is 21.6. The van der Waals surface area contributed by atoms with Crippen LogP contribution in [0.2, 0.25) is 0 Å². The average molecular weight is 375 g/mol. The van der Waals surface area contributed by atoms with Crippen molar-refractivity contribution in [1.82, 2.24) is 5.32 Å². The molecule has 0 aliphatic rings. The largest absolute Gasteiger partial charge is 0.444 e. The maximum atomic E-state index is 12.9. The third kappa shape index (κ3) is 7.20. The Balaban J connectivity index is 2.72. The Kier molecular flexibility index (Phi) is 6.88. The number of benzene rings is 1. The van der Waals surface area contributed by atoms with Gasteiger partial charge in [-0.05, 0) is 39.0 Å². The molecule has 0 unspecified atom stereocenters. The van der Waals surface area contributed by atoms with Gasteiger partial charge in [-0.2, -0.15) is 13.2 Å². The molecule has 0 heterocycles. The highest BCUT2D eigenvalue weighted by Crippen LogP contribution is 2.34. The molecular weight excluding hydrogens is 351 g/mol. The summed E-state index contributed by atoms with van der Waals surface area (Å²) in [7, 11) is 3.31. The maximum Gasteiger partial charge on any atom is 0.416 e. The van der Waals surface area contributed by atoms with Gasteiger partial charge in [0.05, 0.1) is 16.9 Å². The van der Waals surface area contributed by atoms with Crippen LogP contribution in [0.15, 0.2) is 18.2 Å². The fourth-order valence-electron chi connectivity index (χ4n) is 2.01. The lowest BCUT2D eigenvalue weighted by Crippen LogP contribution is -2.34. The van der Waals surface area contributed by atoms with Crippen molar-refractivity contribution in [3.63, 3.8) is 0 Å². The minimum absolute atomic E-state index is 0.00297. The van der Waals surface area contributed by atoms with E-state index in [1.165, 1.54) is 6.07 Å². The van der Waals surface area contributed by atoms with Crippen molar-refractivity contribution in [2.45, 2.75) is 39.0 Å². The minimum atomic E-state index is -4.51. The van der Waals surface area contributed by atoms with Gasteiger partial charge < -0.3 is 20.3 Å². The fourth-order valence-corrected chi connectivity index (χ4v) is 2.01. The number of nitrogens with zero attached hydrogens (tertiary/aromatic N) is 1. The number of alkyl carbamates (subject to hydrolysis) is 1. The summed E-state index contributed by atoms with van der Waals surface area (Å²) in [6.45, 7) is 5.11. The second-order valence-electron chi connectivity index (χ2n) is 6.85. The number of amides is 2. The van der Waals surface area contributed by atoms with Crippen molar-refractivity contribution in [2.24, 2.45) is 0 Å². The summed E-state index contributed by atoms with van der Waals surface area (Å²) in [5.41, 5.74) is -1.03. The Morgan fingerprint density at radius 3 is 2.27 bits per heavy atom. The van der Waals surface area contributed by atoms with Crippen LogP contribution in [0, 0.1) is 0 Å².